The summed E-state index contributed by atoms with van der Waals surface area (Å²) >= 11 is 0. The fraction of sp³-hybridized carbons (Fsp3) is 0.281. The summed E-state index contributed by atoms with van der Waals surface area (Å²) in [5.74, 6) is 0.163. The monoisotopic (exact) mass is 520 g/mol. The third-order valence-electron chi connectivity index (χ3n) is 7.86. The predicted octanol–water partition coefficient (Wildman–Crippen LogP) is 6.21. The second kappa shape index (κ2) is 9.42. The fourth-order valence-corrected chi connectivity index (χ4v) is 5.91. The molecular formula is C32H32N4O3. The number of esters is 1. The summed E-state index contributed by atoms with van der Waals surface area (Å²) in [6.07, 6.45) is 2.03. The fourth-order valence-electron chi connectivity index (χ4n) is 5.91. The summed E-state index contributed by atoms with van der Waals surface area (Å²) in [7, 11) is 0. The lowest BCUT2D eigenvalue weighted by molar-refractivity contribution is 0.0236. The molecule has 39 heavy (non-hydrogen) atoms. The number of hydrogen-bond acceptors (Lipinski definition) is 6. The number of cyclic esters (lactones) is 1. The van der Waals surface area contributed by atoms with Gasteiger partial charge in [-0.05, 0) is 76.6 Å². The Kier molecular flexibility index (Phi) is 6.02. The Hall–Kier alpha value is -4.39. The van der Waals surface area contributed by atoms with Gasteiger partial charge in [0, 0.05) is 47.9 Å². The minimum absolute atomic E-state index is 0.233. The Morgan fingerprint density at radius 2 is 1.67 bits per heavy atom. The lowest BCUT2D eigenvalue weighted by atomic mass is 9.81. The molecule has 0 spiro atoms. The number of nitrogens with zero attached hydrogens (tertiary/aromatic N) is 4. The van der Waals surface area contributed by atoms with Gasteiger partial charge in [-0.15, -0.1) is 0 Å². The Morgan fingerprint density at radius 3 is 2.38 bits per heavy atom. The van der Waals surface area contributed by atoms with Crippen molar-refractivity contribution in [2.45, 2.75) is 40.2 Å². The predicted molar refractivity (Wildman–Crippen MR) is 153 cm³/mol. The van der Waals surface area contributed by atoms with Crippen LogP contribution in [-0.4, -0.2) is 40.0 Å². The van der Waals surface area contributed by atoms with Crippen molar-refractivity contribution >= 4 is 28.2 Å². The molecule has 6 rings (SSSR count). The van der Waals surface area contributed by atoms with Crippen molar-refractivity contribution in [3.05, 3.63) is 101 Å². The van der Waals surface area contributed by atoms with Crippen molar-refractivity contribution in [1.82, 2.24) is 14.4 Å². The first-order valence-electron chi connectivity index (χ1n) is 13.5. The smallest absolute Gasteiger partial charge is 0.360 e. The first-order valence-corrected chi connectivity index (χ1v) is 13.5. The molecule has 0 bridgehead atoms. The third-order valence-corrected chi connectivity index (χ3v) is 7.86. The van der Waals surface area contributed by atoms with Crippen LogP contribution in [0.1, 0.15) is 59.3 Å². The number of carbonyl (C=O) groups excluding carboxylic acids is 1. The van der Waals surface area contributed by atoms with Gasteiger partial charge in [0.15, 0.2) is 5.69 Å². The molecule has 0 fully saturated rings. The second-order valence-corrected chi connectivity index (χ2v) is 9.81. The summed E-state index contributed by atoms with van der Waals surface area (Å²) in [6.45, 7) is 12.6. The summed E-state index contributed by atoms with van der Waals surface area (Å²) in [5, 5.41) is 0. The summed E-state index contributed by atoms with van der Waals surface area (Å²) < 4.78 is 15.0. The number of para-hydroxylation sites is 2. The molecular weight excluding hydrogens is 488 g/mol. The van der Waals surface area contributed by atoms with Crippen LogP contribution in [0.2, 0.25) is 0 Å². The number of hydrogen-bond donors (Lipinski definition) is 0. The van der Waals surface area contributed by atoms with Crippen molar-refractivity contribution in [1.29, 1.82) is 0 Å². The molecule has 0 saturated heterocycles. The van der Waals surface area contributed by atoms with Crippen molar-refractivity contribution < 1.29 is 14.3 Å². The standard InChI is InChI=1S/C32H32N4O3/c1-6-35(7-2)22-16-17-23(27(19-22)38-8-3)32(28-20(4)21(5)36-18-12-11-15-26(28)36)30-29(31(37)39-32)33-24-13-9-10-14-25(24)34-30/h9-19H,6-8H2,1-5H3. The number of fused-ring (bicyclic) bond motifs is 3. The highest BCUT2D eigenvalue weighted by atomic mass is 16.6. The molecule has 7 nitrogen and oxygen atoms in total. The lowest BCUT2D eigenvalue weighted by Gasteiger charge is -2.32. The van der Waals surface area contributed by atoms with Gasteiger partial charge in [-0.25, -0.2) is 14.8 Å². The highest BCUT2D eigenvalue weighted by Gasteiger charge is 2.55. The highest BCUT2D eigenvalue weighted by molar-refractivity contribution is 5.97. The zero-order valence-corrected chi connectivity index (χ0v) is 23.0. The number of aromatic nitrogens is 3. The van der Waals surface area contributed by atoms with Crippen molar-refractivity contribution in [3.63, 3.8) is 0 Å². The summed E-state index contributed by atoms with van der Waals surface area (Å²) in [4.78, 5) is 25.8. The largest absolute Gasteiger partial charge is 0.493 e. The summed E-state index contributed by atoms with van der Waals surface area (Å²) in [5.41, 5.74) is 6.41. The van der Waals surface area contributed by atoms with E-state index >= 15 is 0 Å². The second-order valence-electron chi connectivity index (χ2n) is 9.81. The van der Waals surface area contributed by atoms with E-state index in [9.17, 15) is 4.79 Å². The van der Waals surface area contributed by atoms with Crippen LogP contribution in [0.25, 0.3) is 16.6 Å². The zero-order valence-electron chi connectivity index (χ0n) is 23.0. The molecule has 1 aliphatic heterocycles. The van der Waals surface area contributed by atoms with Crippen LogP contribution < -0.4 is 9.64 Å². The molecule has 7 heteroatoms. The van der Waals surface area contributed by atoms with Crippen LogP contribution in [0.5, 0.6) is 5.75 Å². The number of benzene rings is 2. The zero-order chi connectivity index (χ0) is 27.3. The van der Waals surface area contributed by atoms with E-state index in [0.29, 0.717) is 29.1 Å². The van der Waals surface area contributed by atoms with Crippen LogP contribution in [0.3, 0.4) is 0 Å². The Balaban J connectivity index is 1.75. The molecule has 5 aromatic rings. The van der Waals surface area contributed by atoms with E-state index in [4.69, 9.17) is 19.4 Å². The van der Waals surface area contributed by atoms with E-state index in [0.717, 1.165) is 46.7 Å². The minimum Gasteiger partial charge on any atom is -0.493 e. The van der Waals surface area contributed by atoms with E-state index < -0.39 is 11.6 Å². The number of rotatable bonds is 7. The minimum atomic E-state index is -1.35. The van der Waals surface area contributed by atoms with Gasteiger partial charge in [-0.2, -0.15) is 0 Å². The topological polar surface area (TPSA) is 69.0 Å². The molecule has 1 unspecified atom stereocenters. The number of carbonyl (C=O) groups is 1. The maximum atomic E-state index is 13.7. The van der Waals surface area contributed by atoms with Crippen molar-refractivity contribution in [2.24, 2.45) is 0 Å². The molecule has 0 N–H and O–H groups in total. The van der Waals surface area contributed by atoms with Gasteiger partial charge >= 0.3 is 5.97 Å². The van der Waals surface area contributed by atoms with Crippen molar-refractivity contribution in [2.75, 3.05) is 24.6 Å². The third kappa shape index (κ3) is 3.60. The number of pyridine rings is 1. The van der Waals surface area contributed by atoms with E-state index in [-0.39, 0.29) is 5.69 Å². The summed E-state index contributed by atoms with van der Waals surface area (Å²) in [6, 6.07) is 19.8. The maximum absolute atomic E-state index is 13.7. The number of anilines is 1. The van der Waals surface area contributed by atoms with Crippen LogP contribution in [0, 0.1) is 13.8 Å². The molecule has 1 atom stereocenters. The molecule has 2 aromatic carbocycles. The average molecular weight is 521 g/mol. The van der Waals surface area contributed by atoms with Gasteiger partial charge in [0.2, 0.25) is 5.60 Å². The van der Waals surface area contributed by atoms with Gasteiger partial charge in [-0.1, -0.05) is 18.2 Å². The van der Waals surface area contributed by atoms with Gasteiger partial charge in [0.05, 0.1) is 23.2 Å². The van der Waals surface area contributed by atoms with Crippen molar-refractivity contribution in [3.8, 4) is 5.75 Å². The maximum Gasteiger partial charge on any atom is 0.360 e. The van der Waals surface area contributed by atoms with E-state index in [2.05, 4.69) is 49.1 Å². The van der Waals surface area contributed by atoms with Gasteiger partial charge in [0.25, 0.3) is 0 Å². The first kappa shape index (κ1) is 24.9. The number of aryl methyl sites for hydroxylation is 1. The Bertz CT molecular complexity index is 1740. The molecule has 0 aliphatic carbocycles. The van der Waals surface area contributed by atoms with Gasteiger partial charge in [-0.3, -0.25) is 0 Å². The molecule has 4 heterocycles. The van der Waals surface area contributed by atoms with Crippen LogP contribution in [-0.2, 0) is 10.3 Å². The SMILES string of the molecule is CCOc1cc(N(CC)CC)ccc1C1(c2c(C)c(C)n3ccccc23)OC(=O)c2nc3ccccc3nc21. The molecule has 3 aromatic heterocycles. The van der Waals surface area contributed by atoms with Crippen LogP contribution >= 0.6 is 0 Å². The molecule has 0 saturated carbocycles. The Labute approximate surface area is 228 Å². The normalized spacial score (nSPS) is 16.5. The first-order chi connectivity index (χ1) is 18.9. The Morgan fingerprint density at radius 1 is 0.949 bits per heavy atom. The molecule has 0 radical (unpaired) electrons. The molecule has 0 amide bonds. The van der Waals surface area contributed by atoms with E-state index in [1.165, 1.54) is 0 Å². The number of ether oxygens (including phenoxy) is 2. The molecule has 1 aliphatic rings. The highest BCUT2D eigenvalue weighted by Crippen LogP contribution is 2.52. The lowest BCUT2D eigenvalue weighted by Crippen LogP contribution is -2.32. The van der Waals surface area contributed by atoms with Gasteiger partial charge < -0.3 is 18.8 Å². The van der Waals surface area contributed by atoms with Crippen LogP contribution in [0.4, 0.5) is 5.69 Å². The van der Waals surface area contributed by atoms with Gasteiger partial charge in [0.1, 0.15) is 11.4 Å². The quantitative estimate of drug-likeness (QED) is 0.238. The van der Waals surface area contributed by atoms with E-state index in [1.807, 2.05) is 61.7 Å². The van der Waals surface area contributed by atoms with Crippen LogP contribution in [0.15, 0.2) is 66.9 Å². The average Bonchev–Trinajstić information content (AvgIpc) is 3.38. The van der Waals surface area contributed by atoms with E-state index in [1.54, 1.807) is 0 Å². The molecule has 198 valence electrons.